The van der Waals surface area contributed by atoms with Crippen molar-refractivity contribution in [3.8, 4) is 0 Å². The first-order valence-electron chi connectivity index (χ1n) is 11.3. The zero-order valence-electron chi connectivity index (χ0n) is 17.9. The van der Waals surface area contributed by atoms with E-state index in [-0.39, 0.29) is 12.1 Å². The molecule has 3 fully saturated rings. The van der Waals surface area contributed by atoms with E-state index in [1.54, 1.807) is 0 Å². The van der Waals surface area contributed by atoms with Gasteiger partial charge in [-0.05, 0) is 31.9 Å². The lowest BCUT2D eigenvalue weighted by Gasteiger charge is -2.50. The van der Waals surface area contributed by atoms with Crippen molar-refractivity contribution in [1.29, 1.82) is 0 Å². The average molecular weight is 426 g/mol. The van der Waals surface area contributed by atoms with Crippen LogP contribution in [0.1, 0.15) is 37.2 Å². The molecule has 0 spiro atoms. The number of ether oxygens (including phenoxy) is 4. The minimum Gasteiger partial charge on any atom is -0.388 e. The Hall–Kier alpha value is -1.80. The Morgan fingerprint density at radius 3 is 2.48 bits per heavy atom. The van der Waals surface area contributed by atoms with Crippen LogP contribution in [-0.2, 0) is 25.6 Å². The van der Waals surface area contributed by atoms with Gasteiger partial charge in [0.2, 0.25) is 0 Å². The fourth-order valence-electron chi connectivity index (χ4n) is 5.00. The van der Waals surface area contributed by atoms with Gasteiger partial charge in [-0.25, -0.2) is 0 Å². The van der Waals surface area contributed by atoms with Crippen LogP contribution in [0.25, 0.3) is 0 Å². The molecule has 31 heavy (non-hydrogen) atoms. The van der Waals surface area contributed by atoms with Gasteiger partial charge in [0.25, 0.3) is 0 Å². The molecule has 0 radical (unpaired) electrons. The Labute approximate surface area is 183 Å². The summed E-state index contributed by atoms with van der Waals surface area (Å²) in [5, 5.41) is 11.5. The molecule has 0 unspecified atom stereocenters. The molecule has 0 aromatic heterocycles. The van der Waals surface area contributed by atoms with Gasteiger partial charge in [0.15, 0.2) is 12.6 Å². The Kier molecular flexibility index (Phi) is 6.36. The lowest BCUT2D eigenvalue weighted by molar-refractivity contribution is -0.355. The van der Waals surface area contributed by atoms with Gasteiger partial charge in [0.05, 0.1) is 19.3 Å². The summed E-state index contributed by atoms with van der Waals surface area (Å²) < 4.78 is 24.8. The predicted molar refractivity (Wildman–Crippen MR) is 115 cm³/mol. The van der Waals surface area contributed by atoms with Gasteiger partial charge in [-0.1, -0.05) is 60.7 Å². The molecule has 3 aliphatic rings. The summed E-state index contributed by atoms with van der Waals surface area (Å²) in [4.78, 5) is 2.33. The van der Waals surface area contributed by atoms with E-state index in [1.165, 1.54) is 0 Å². The number of rotatable bonds is 5. The molecule has 7 atom stereocenters. The van der Waals surface area contributed by atoms with Crippen molar-refractivity contribution in [3.05, 3.63) is 71.8 Å². The maximum Gasteiger partial charge on any atom is 0.184 e. The predicted octanol–water partition coefficient (Wildman–Crippen LogP) is 3.26. The molecule has 5 rings (SSSR count). The average Bonchev–Trinajstić information content (AvgIpc) is 3.24. The number of aliphatic hydroxyl groups excluding tert-OH is 1. The van der Waals surface area contributed by atoms with Crippen molar-refractivity contribution in [2.24, 2.45) is 0 Å². The van der Waals surface area contributed by atoms with Crippen LogP contribution in [0.2, 0.25) is 0 Å². The largest absolute Gasteiger partial charge is 0.388 e. The summed E-state index contributed by atoms with van der Waals surface area (Å²) in [7, 11) is 0. The number of likely N-dealkylation sites (tertiary alicyclic amines) is 1. The van der Waals surface area contributed by atoms with E-state index in [1.807, 2.05) is 60.7 Å². The van der Waals surface area contributed by atoms with Crippen LogP contribution in [0.15, 0.2) is 60.7 Å². The minimum atomic E-state index is -0.727. The smallest absolute Gasteiger partial charge is 0.184 e. The molecule has 0 bridgehead atoms. The maximum atomic E-state index is 11.5. The highest BCUT2D eigenvalue weighted by Gasteiger charge is 2.52. The summed E-state index contributed by atoms with van der Waals surface area (Å²) in [6.07, 6.45) is -0.384. The quantitative estimate of drug-likeness (QED) is 0.794. The Balaban J connectivity index is 1.35. The summed E-state index contributed by atoms with van der Waals surface area (Å²) >= 11 is 0. The van der Waals surface area contributed by atoms with Gasteiger partial charge in [-0.15, -0.1) is 0 Å². The first-order chi connectivity index (χ1) is 15.2. The van der Waals surface area contributed by atoms with Crippen molar-refractivity contribution in [1.82, 2.24) is 4.90 Å². The second-order valence-corrected chi connectivity index (χ2v) is 8.73. The van der Waals surface area contributed by atoms with Crippen LogP contribution in [0.4, 0.5) is 0 Å². The van der Waals surface area contributed by atoms with Gasteiger partial charge >= 0.3 is 0 Å². The Morgan fingerprint density at radius 2 is 1.77 bits per heavy atom. The van der Waals surface area contributed by atoms with E-state index in [0.29, 0.717) is 19.3 Å². The van der Waals surface area contributed by atoms with E-state index >= 15 is 0 Å². The monoisotopic (exact) mass is 425 g/mol. The number of hydrogen-bond donors (Lipinski definition) is 1. The van der Waals surface area contributed by atoms with Crippen molar-refractivity contribution in [2.45, 2.75) is 69.3 Å². The molecular formula is C25H31NO5. The van der Waals surface area contributed by atoms with Crippen molar-refractivity contribution in [3.63, 3.8) is 0 Å². The molecule has 166 valence electrons. The summed E-state index contributed by atoms with van der Waals surface area (Å²) in [5.41, 5.74) is 2.03. The summed E-state index contributed by atoms with van der Waals surface area (Å²) in [6.45, 7) is 3.92. The third-order valence-electron chi connectivity index (χ3n) is 6.65. The van der Waals surface area contributed by atoms with E-state index in [2.05, 4.69) is 11.8 Å². The second kappa shape index (κ2) is 9.36. The third-order valence-corrected chi connectivity index (χ3v) is 6.65. The first kappa shape index (κ1) is 21.1. The van der Waals surface area contributed by atoms with Crippen molar-refractivity contribution < 1.29 is 24.1 Å². The molecule has 1 N–H and O–H groups in total. The number of aliphatic hydroxyl groups is 1. The molecular weight excluding hydrogens is 394 g/mol. The van der Waals surface area contributed by atoms with Crippen LogP contribution in [0.5, 0.6) is 0 Å². The van der Waals surface area contributed by atoms with Crippen LogP contribution in [-0.4, -0.2) is 59.8 Å². The molecule has 6 nitrogen and oxygen atoms in total. The first-order valence-corrected chi connectivity index (χ1v) is 11.3. The number of benzene rings is 2. The topological polar surface area (TPSA) is 60.4 Å². The molecule has 3 aliphatic heterocycles. The van der Waals surface area contributed by atoms with E-state index < -0.39 is 24.8 Å². The van der Waals surface area contributed by atoms with Crippen LogP contribution in [0.3, 0.4) is 0 Å². The van der Waals surface area contributed by atoms with Gasteiger partial charge in [0, 0.05) is 11.6 Å². The number of fused-ring (bicyclic) bond motifs is 1. The van der Waals surface area contributed by atoms with E-state index in [9.17, 15) is 5.11 Å². The van der Waals surface area contributed by atoms with Crippen molar-refractivity contribution in [2.75, 3.05) is 13.2 Å². The number of hydrogen-bond acceptors (Lipinski definition) is 6. The summed E-state index contributed by atoms with van der Waals surface area (Å²) in [5.74, 6) is 0. The molecule has 2 aromatic carbocycles. The molecule has 6 heteroatoms. The normalized spacial score (nSPS) is 36.3. The molecule has 3 saturated heterocycles. The maximum absolute atomic E-state index is 11.5. The van der Waals surface area contributed by atoms with E-state index in [0.717, 1.165) is 30.5 Å². The van der Waals surface area contributed by atoms with Crippen LogP contribution in [0, 0.1) is 0 Å². The van der Waals surface area contributed by atoms with Crippen molar-refractivity contribution >= 4 is 0 Å². The lowest BCUT2D eigenvalue weighted by atomic mass is 9.94. The van der Waals surface area contributed by atoms with Gasteiger partial charge in [-0.2, -0.15) is 0 Å². The highest BCUT2D eigenvalue weighted by Crippen LogP contribution is 2.38. The fraction of sp³-hybridized carbons (Fsp3) is 0.520. The standard InChI is InChI=1S/C25H31NO5/c1-17-9-8-14-26(17)21-22(27)23-20(16-29-24(31-23)19-12-6-3-7-13-19)30-25(21)28-15-18-10-4-2-5-11-18/h2-7,10-13,17,20-25,27H,8-9,14-16H2,1H3/t17-,20-,21-,22+,23-,24-,25-/m1/s1. The molecule has 0 aliphatic carbocycles. The zero-order chi connectivity index (χ0) is 21.2. The molecule has 0 amide bonds. The van der Waals surface area contributed by atoms with Gasteiger partial charge in [0.1, 0.15) is 18.3 Å². The number of nitrogens with zero attached hydrogens (tertiary/aromatic N) is 1. The Morgan fingerprint density at radius 1 is 1.03 bits per heavy atom. The van der Waals surface area contributed by atoms with Crippen LogP contribution < -0.4 is 0 Å². The molecule has 3 heterocycles. The summed E-state index contributed by atoms with van der Waals surface area (Å²) in [6, 6.07) is 20.0. The molecule has 2 aromatic rings. The Bertz CT molecular complexity index is 834. The second-order valence-electron chi connectivity index (χ2n) is 8.73. The highest BCUT2D eigenvalue weighted by atomic mass is 16.7. The minimum absolute atomic E-state index is 0.281. The van der Waals surface area contributed by atoms with Gasteiger partial charge < -0.3 is 24.1 Å². The van der Waals surface area contributed by atoms with Crippen LogP contribution >= 0.6 is 0 Å². The molecule has 0 saturated carbocycles. The SMILES string of the molecule is C[C@@H]1CCCN1[C@H]1[C@H](OCc2ccccc2)O[C@@H]2CO[C@@H](c3ccccc3)O[C@H]2[C@H]1O. The zero-order valence-corrected chi connectivity index (χ0v) is 17.9. The van der Waals surface area contributed by atoms with Gasteiger partial charge in [-0.3, -0.25) is 4.90 Å². The fourth-order valence-corrected chi connectivity index (χ4v) is 5.00. The van der Waals surface area contributed by atoms with E-state index in [4.69, 9.17) is 18.9 Å². The lowest BCUT2D eigenvalue weighted by Crippen LogP contribution is -2.67. The third kappa shape index (κ3) is 4.42. The highest BCUT2D eigenvalue weighted by molar-refractivity contribution is 5.17.